The normalized spacial score (nSPS) is 10.8. The van der Waals surface area contributed by atoms with E-state index in [-0.39, 0.29) is 0 Å². The van der Waals surface area contributed by atoms with E-state index in [1.54, 1.807) is 22.2 Å². The molecule has 0 unspecified atom stereocenters. The van der Waals surface area contributed by atoms with Gasteiger partial charge in [-0.25, -0.2) is 4.98 Å². The molecule has 19 heavy (non-hydrogen) atoms. The monoisotopic (exact) mass is 274 g/mol. The Kier molecular flexibility index (Phi) is 3.08. The van der Waals surface area contributed by atoms with E-state index in [1.807, 2.05) is 38.4 Å². The first kappa shape index (κ1) is 12.0. The molecule has 3 rings (SSSR count). The number of hydrogen-bond acceptors (Lipinski definition) is 5. The predicted octanol–water partition coefficient (Wildman–Crippen LogP) is 3.17. The van der Waals surface area contributed by atoms with Crippen molar-refractivity contribution in [3.8, 4) is 5.75 Å². The van der Waals surface area contributed by atoms with Crippen LogP contribution in [0.4, 0.5) is 10.8 Å². The Bertz CT molecular complexity index is 704. The summed E-state index contributed by atoms with van der Waals surface area (Å²) in [6.07, 6.45) is 3.69. The SMILES string of the molecule is CCOc1ccc2nc(Nc3cnn(C)c3)sc2c1. The van der Waals surface area contributed by atoms with Gasteiger partial charge in [-0.3, -0.25) is 4.68 Å². The maximum absolute atomic E-state index is 5.49. The number of rotatable bonds is 4. The quantitative estimate of drug-likeness (QED) is 0.794. The summed E-state index contributed by atoms with van der Waals surface area (Å²) < 4.78 is 8.35. The predicted molar refractivity (Wildman–Crippen MR) is 77.3 cm³/mol. The van der Waals surface area contributed by atoms with Gasteiger partial charge in [-0.05, 0) is 25.1 Å². The van der Waals surface area contributed by atoms with E-state index in [2.05, 4.69) is 15.4 Å². The summed E-state index contributed by atoms with van der Waals surface area (Å²) in [5, 5.41) is 8.22. The Labute approximate surface area is 114 Å². The second kappa shape index (κ2) is 4.89. The van der Waals surface area contributed by atoms with Gasteiger partial charge >= 0.3 is 0 Å². The van der Waals surface area contributed by atoms with Gasteiger partial charge < -0.3 is 10.1 Å². The van der Waals surface area contributed by atoms with Gasteiger partial charge in [0.25, 0.3) is 0 Å². The van der Waals surface area contributed by atoms with E-state index in [0.717, 1.165) is 26.8 Å². The van der Waals surface area contributed by atoms with Gasteiger partial charge in [-0.15, -0.1) is 0 Å². The van der Waals surface area contributed by atoms with Crippen molar-refractivity contribution >= 4 is 32.4 Å². The Morgan fingerprint density at radius 3 is 3.05 bits per heavy atom. The minimum Gasteiger partial charge on any atom is -0.494 e. The van der Waals surface area contributed by atoms with Crippen LogP contribution in [0.2, 0.25) is 0 Å². The molecule has 2 heterocycles. The second-order valence-corrected chi connectivity index (χ2v) is 5.14. The Balaban J connectivity index is 1.88. The lowest BCUT2D eigenvalue weighted by Crippen LogP contribution is -1.90. The van der Waals surface area contributed by atoms with Gasteiger partial charge in [-0.2, -0.15) is 5.10 Å². The molecule has 5 nitrogen and oxygen atoms in total. The fourth-order valence-electron chi connectivity index (χ4n) is 1.82. The topological polar surface area (TPSA) is 52.0 Å². The summed E-state index contributed by atoms with van der Waals surface area (Å²) in [4.78, 5) is 4.53. The number of aromatic nitrogens is 3. The largest absolute Gasteiger partial charge is 0.494 e. The van der Waals surface area contributed by atoms with Crippen molar-refractivity contribution in [1.82, 2.24) is 14.8 Å². The molecular weight excluding hydrogens is 260 g/mol. The van der Waals surface area contributed by atoms with Crippen molar-refractivity contribution in [3.05, 3.63) is 30.6 Å². The summed E-state index contributed by atoms with van der Waals surface area (Å²) in [5.74, 6) is 0.881. The number of thiazole rings is 1. The van der Waals surface area contributed by atoms with Crippen molar-refractivity contribution < 1.29 is 4.74 Å². The summed E-state index contributed by atoms with van der Waals surface area (Å²) in [5.41, 5.74) is 1.91. The zero-order chi connectivity index (χ0) is 13.2. The average Bonchev–Trinajstić information content (AvgIpc) is 2.95. The number of aryl methyl sites for hydroxylation is 1. The second-order valence-electron chi connectivity index (χ2n) is 4.11. The molecular formula is C13H14N4OS. The van der Waals surface area contributed by atoms with Crippen molar-refractivity contribution in [3.63, 3.8) is 0 Å². The smallest absolute Gasteiger partial charge is 0.188 e. The van der Waals surface area contributed by atoms with Crippen molar-refractivity contribution in [2.24, 2.45) is 7.05 Å². The zero-order valence-corrected chi connectivity index (χ0v) is 11.6. The maximum Gasteiger partial charge on any atom is 0.188 e. The third kappa shape index (κ3) is 2.53. The van der Waals surface area contributed by atoms with Crippen molar-refractivity contribution in [2.75, 3.05) is 11.9 Å². The molecule has 0 spiro atoms. The highest BCUT2D eigenvalue weighted by atomic mass is 32.1. The van der Waals surface area contributed by atoms with Crippen LogP contribution < -0.4 is 10.1 Å². The first-order chi connectivity index (χ1) is 9.24. The fraction of sp³-hybridized carbons (Fsp3) is 0.231. The van der Waals surface area contributed by atoms with Gasteiger partial charge in [0, 0.05) is 13.2 Å². The molecule has 6 heteroatoms. The van der Waals surface area contributed by atoms with Crippen molar-refractivity contribution in [2.45, 2.75) is 6.92 Å². The summed E-state index contributed by atoms with van der Waals surface area (Å²) in [6.45, 7) is 2.65. The summed E-state index contributed by atoms with van der Waals surface area (Å²) in [7, 11) is 1.89. The number of nitrogens with zero attached hydrogens (tertiary/aromatic N) is 3. The van der Waals surface area contributed by atoms with Crippen molar-refractivity contribution in [1.29, 1.82) is 0 Å². The Morgan fingerprint density at radius 1 is 1.42 bits per heavy atom. The number of fused-ring (bicyclic) bond motifs is 1. The molecule has 0 aliphatic rings. The number of hydrogen-bond donors (Lipinski definition) is 1. The summed E-state index contributed by atoms with van der Waals surface area (Å²) >= 11 is 1.60. The van der Waals surface area contributed by atoms with Gasteiger partial charge in [0.05, 0.1) is 28.7 Å². The van der Waals surface area contributed by atoms with Crippen LogP contribution in [0.3, 0.4) is 0 Å². The van der Waals surface area contributed by atoms with Gasteiger partial charge in [-0.1, -0.05) is 11.3 Å². The maximum atomic E-state index is 5.49. The third-order valence-corrected chi connectivity index (χ3v) is 3.56. The molecule has 98 valence electrons. The van der Waals surface area contributed by atoms with Crippen LogP contribution in [0.25, 0.3) is 10.2 Å². The molecule has 0 atom stereocenters. The van der Waals surface area contributed by atoms with Crippen LogP contribution in [0, 0.1) is 0 Å². The lowest BCUT2D eigenvalue weighted by Gasteiger charge is -2.00. The van der Waals surface area contributed by atoms with E-state index in [0.29, 0.717) is 6.61 Å². The highest BCUT2D eigenvalue weighted by molar-refractivity contribution is 7.22. The highest BCUT2D eigenvalue weighted by Crippen LogP contribution is 2.30. The van der Waals surface area contributed by atoms with E-state index in [4.69, 9.17) is 4.74 Å². The minimum atomic E-state index is 0.672. The van der Waals surface area contributed by atoms with Crippen LogP contribution in [0.5, 0.6) is 5.75 Å². The van der Waals surface area contributed by atoms with E-state index >= 15 is 0 Å². The number of nitrogens with one attached hydrogen (secondary N) is 1. The van der Waals surface area contributed by atoms with E-state index in [9.17, 15) is 0 Å². The van der Waals surface area contributed by atoms with Crippen LogP contribution in [0.15, 0.2) is 30.6 Å². The molecule has 1 N–H and O–H groups in total. The number of benzene rings is 1. The van der Waals surface area contributed by atoms with Crippen LogP contribution in [-0.4, -0.2) is 21.4 Å². The molecule has 2 aromatic heterocycles. The molecule has 0 radical (unpaired) electrons. The van der Waals surface area contributed by atoms with Crippen LogP contribution in [0.1, 0.15) is 6.92 Å². The molecule has 0 aliphatic heterocycles. The van der Waals surface area contributed by atoms with Gasteiger partial charge in [0.1, 0.15) is 5.75 Å². The lowest BCUT2D eigenvalue weighted by atomic mass is 10.3. The standard InChI is InChI=1S/C13H14N4OS/c1-3-18-10-4-5-11-12(6-10)19-13(16-11)15-9-7-14-17(2)8-9/h4-8H,3H2,1-2H3,(H,15,16). The van der Waals surface area contributed by atoms with Crippen LogP contribution in [-0.2, 0) is 7.05 Å². The average molecular weight is 274 g/mol. The molecule has 0 amide bonds. The van der Waals surface area contributed by atoms with Gasteiger partial charge in [0.15, 0.2) is 5.13 Å². The lowest BCUT2D eigenvalue weighted by molar-refractivity contribution is 0.341. The molecule has 3 aromatic rings. The Hall–Kier alpha value is -2.08. The fourth-order valence-corrected chi connectivity index (χ4v) is 2.74. The highest BCUT2D eigenvalue weighted by Gasteiger charge is 2.06. The summed E-state index contributed by atoms with van der Waals surface area (Å²) in [6, 6.07) is 5.94. The van der Waals surface area contributed by atoms with Gasteiger partial charge in [0.2, 0.25) is 0 Å². The van der Waals surface area contributed by atoms with E-state index in [1.165, 1.54) is 0 Å². The van der Waals surface area contributed by atoms with Crippen LogP contribution >= 0.6 is 11.3 Å². The molecule has 1 aromatic carbocycles. The number of ether oxygens (including phenoxy) is 1. The first-order valence-electron chi connectivity index (χ1n) is 6.03. The Morgan fingerprint density at radius 2 is 2.32 bits per heavy atom. The third-order valence-electron chi connectivity index (χ3n) is 2.63. The number of anilines is 2. The molecule has 0 fully saturated rings. The molecule has 0 saturated heterocycles. The van der Waals surface area contributed by atoms with E-state index < -0.39 is 0 Å². The first-order valence-corrected chi connectivity index (χ1v) is 6.85. The minimum absolute atomic E-state index is 0.672. The molecule has 0 aliphatic carbocycles. The molecule has 0 bridgehead atoms. The zero-order valence-electron chi connectivity index (χ0n) is 10.8. The molecule has 0 saturated carbocycles.